The van der Waals surface area contributed by atoms with Crippen molar-refractivity contribution in [2.24, 2.45) is 0 Å². The van der Waals surface area contributed by atoms with Gasteiger partial charge in [-0.1, -0.05) is 12.1 Å². The molecular formula is C20H22N4O3. The van der Waals surface area contributed by atoms with E-state index in [0.717, 1.165) is 34.6 Å². The summed E-state index contributed by atoms with van der Waals surface area (Å²) in [6, 6.07) is 15.5. The number of nitrogens with zero attached hydrogens (tertiary/aromatic N) is 2. The van der Waals surface area contributed by atoms with Crippen molar-refractivity contribution in [2.75, 3.05) is 11.9 Å². The molecule has 7 nitrogen and oxygen atoms in total. The van der Waals surface area contributed by atoms with Gasteiger partial charge in [-0.3, -0.25) is 10.0 Å². The summed E-state index contributed by atoms with van der Waals surface area (Å²) in [7, 11) is 0. The zero-order valence-corrected chi connectivity index (χ0v) is 15.1. The minimum Gasteiger partial charge on any atom is -0.494 e. The van der Waals surface area contributed by atoms with Crippen molar-refractivity contribution in [3.63, 3.8) is 0 Å². The van der Waals surface area contributed by atoms with Crippen LogP contribution in [0, 0.1) is 6.92 Å². The predicted molar refractivity (Wildman–Crippen MR) is 103 cm³/mol. The molecule has 3 rings (SSSR count). The van der Waals surface area contributed by atoms with Gasteiger partial charge in [-0.05, 0) is 56.2 Å². The van der Waals surface area contributed by atoms with Crippen molar-refractivity contribution in [2.45, 2.75) is 26.2 Å². The van der Waals surface area contributed by atoms with Crippen LogP contribution in [0.25, 0.3) is 10.9 Å². The van der Waals surface area contributed by atoms with Crippen molar-refractivity contribution in [1.82, 2.24) is 15.4 Å². The molecule has 0 aliphatic heterocycles. The van der Waals surface area contributed by atoms with Gasteiger partial charge in [0, 0.05) is 17.5 Å². The molecule has 1 heterocycles. The Balaban J connectivity index is 1.58. The monoisotopic (exact) mass is 366 g/mol. The number of hydrogen-bond donors (Lipinski definition) is 3. The molecule has 140 valence electrons. The van der Waals surface area contributed by atoms with Crippen molar-refractivity contribution < 1.29 is 14.7 Å². The normalized spacial score (nSPS) is 10.6. The van der Waals surface area contributed by atoms with Gasteiger partial charge >= 0.3 is 0 Å². The first-order chi connectivity index (χ1) is 13.2. The summed E-state index contributed by atoms with van der Waals surface area (Å²) in [5.74, 6) is 1.87. The van der Waals surface area contributed by atoms with Crippen molar-refractivity contribution >= 4 is 28.3 Å². The number of para-hydroxylation sites is 1. The van der Waals surface area contributed by atoms with Crippen LogP contribution in [0.4, 0.5) is 11.5 Å². The van der Waals surface area contributed by atoms with E-state index in [-0.39, 0.29) is 12.3 Å². The zero-order chi connectivity index (χ0) is 19.1. The average Bonchev–Trinajstić information content (AvgIpc) is 2.68. The number of carbonyl (C=O) groups excluding carboxylic acids is 1. The first-order valence-electron chi connectivity index (χ1n) is 8.82. The maximum Gasteiger partial charge on any atom is 0.243 e. The highest BCUT2D eigenvalue weighted by molar-refractivity contribution is 5.90. The molecule has 0 aliphatic rings. The fourth-order valence-electron chi connectivity index (χ4n) is 2.69. The van der Waals surface area contributed by atoms with E-state index in [2.05, 4.69) is 15.3 Å². The number of carbonyl (C=O) groups is 1. The molecule has 0 atom stereocenters. The standard InChI is InChI=1S/C20H22N4O3/c1-14-21-18-7-3-2-6-17(18)20(22-14)23-15-9-11-16(12-10-15)27-13-5-4-8-19(25)24-26/h2-3,6-7,9-12,26H,4-5,8,13H2,1H3,(H,24,25)(H,21,22,23). The van der Waals surface area contributed by atoms with E-state index in [1.165, 1.54) is 0 Å². The third-order valence-corrected chi connectivity index (χ3v) is 4.02. The van der Waals surface area contributed by atoms with Crippen LogP contribution >= 0.6 is 0 Å². The number of fused-ring (bicyclic) bond motifs is 1. The molecule has 27 heavy (non-hydrogen) atoms. The maximum absolute atomic E-state index is 10.9. The van der Waals surface area contributed by atoms with Crippen LogP contribution < -0.4 is 15.5 Å². The molecule has 3 N–H and O–H groups in total. The van der Waals surface area contributed by atoms with Gasteiger partial charge < -0.3 is 10.1 Å². The lowest BCUT2D eigenvalue weighted by molar-refractivity contribution is -0.129. The van der Waals surface area contributed by atoms with Gasteiger partial charge in [0.25, 0.3) is 0 Å². The van der Waals surface area contributed by atoms with Crippen LogP contribution in [0.15, 0.2) is 48.5 Å². The predicted octanol–water partition coefficient (Wildman–Crippen LogP) is 3.74. The van der Waals surface area contributed by atoms with Crippen LogP contribution in [0.2, 0.25) is 0 Å². The number of hydroxylamine groups is 1. The summed E-state index contributed by atoms with van der Waals surface area (Å²) >= 11 is 0. The summed E-state index contributed by atoms with van der Waals surface area (Å²) in [6.07, 6.45) is 1.68. The fraction of sp³-hybridized carbons (Fsp3) is 0.250. The molecule has 0 saturated carbocycles. The topological polar surface area (TPSA) is 96.4 Å². The highest BCUT2D eigenvalue weighted by atomic mass is 16.5. The Morgan fingerprint density at radius 3 is 2.63 bits per heavy atom. The number of amides is 1. The molecule has 3 aromatic rings. The Morgan fingerprint density at radius 2 is 1.85 bits per heavy atom. The molecule has 0 radical (unpaired) electrons. The van der Waals surface area contributed by atoms with E-state index in [1.807, 2.05) is 55.5 Å². The highest BCUT2D eigenvalue weighted by Gasteiger charge is 2.06. The Labute approximate surface area is 157 Å². The zero-order valence-electron chi connectivity index (χ0n) is 15.1. The molecule has 1 amide bonds. The molecule has 0 unspecified atom stereocenters. The molecule has 0 spiro atoms. The molecule has 0 bridgehead atoms. The first kappa shape index (κ1) is 18.6. The van der Waals surface area contributed by atoms with E-state index in [4.69, 9.17) is 9.94 Å². The SMILES string of the molecule is Cc1nc(Nc2ccc(OCCCCC(=O)NO)cc2)c2ccccc2n1. The number of anilines is 2. The van der Waals surface area contributed by atoms with Crippen LogP contribution in [0.3, 0.4) is 0 Å². The summed E-state index contributed by atoms with van der Waals surface area (Å²) in [4.78, 5) is 19.9. The minimum atomic E-state index is -0.377. The highest BCUT2D eigenvalue weighted by Crippen LogP contribution is 2.25. The van der Waals surface area contributed by atoms with Gasteiger partial charge in [0.2, 0.25) is 5.91 Å². The molecule has 2 aromatic carbocycles. The number of aromatic nitrogens is 2. The third kappa shape index (κ3) is 5.15. The van der Waals surface area contributed by atoms with Crippen molar-refractivity contribution in [3.8, 4) is 5.75 Å². The first-order valence-corrected chi connectivity index (χ1v) is 8.82. The number of benzene rings is 2. The van der Waals surface area contributed by atoms with E-state index >= 15 is 0 Å². The van der Waals surface area contributed by atoms with Gasteiger partial charge in [0.1, 0.15) is 17.4 Å². The second kappa shape index (κ2) is 8.95. The molecule has 0 aliphatic carbocycles. The number of rotatable bonds is 8. The maximum atomic E-state index is 10.9. The molecule has 0 saturated heterocycles. The van der Waals surface area contributed by atoms with E-state index < -0.39 is 0 Å². The lowest BCUT2D eigenvalue weighted by atomic mass is 10.2. The van der Waals surface area contributed by atoms with Gasteiger partial charge in [-0.15, -0.1) is 0 Å². The largest absolute Gasteiger partial charge is 0.494 e. The summed E-state index contributed by atoms with van der Waals surface area (Å²) in [6.45, 7) is 2.39. The van der Waals surface area contributed by atoms with Crippen molar-refractivity contribution in [3.05, 3.63) is 54.4 Å². The summed E-state index contributed by atoms with van der Waals surface area (Å²) in [5.41, 5.74) is 3.43. The number of aryl methyl sites for hydroxylation is 1. The number of unbranched alkanes of at least 4 members (excludes halogenated alkanes) is 1. The Kier molecular flexibility index (Phi) is 6.17. The Hall–Kier alpha value is -3.19. The Morgan fingerprint density at radius 1 is 1.07 bits per heavy atom. The smallest absolute Gasteiger partial charge is 0.243 e. The number of hydrogen-bond acceptors (Lipinski definition) is 6. The lowest BCUT2D eigenvalue weighted by Crippen LogP contribution is -2.18. The Bertz CT molecular complexity index is 913. The quantitative estimate of drug-likeness (QED) is 0.319. The van der Waals surface area contributed by atoms with Crippen LogP contribution in [0.1, 0.15) is 25.1 Å². The van der Waals surface area contributed by atoms with E-state index in [9.17, 15) is 4.79 Å². The molecular weight excluding hydrogens is 344 g/mol. The van der Waals surface area contributed by atoms with Gasteiger partial charge in [-0.2, -0.15) is 0 Å². The van der Waals surface area contributed by atoms with Crippen LogP contribution in [-0.4, -0.2) is 27.7 Å². The van der Waals surface area contributed by atoms with E-state index in [0.29, 0.717) is 18.9 Å². The number of nitrogens with one attached hydrogen (secondary N) is 2. The van der Waals surface area contributed by atoms with Crippen molar-refractivity contribution in [1.29, 1.82) is 0 Å². The van der Waals surface area contributed by atoms with Gasteiger partial charge in [0.05, 0.1) is 12.1 Å². The summed E-state index contributed by atoms with van der Waals surface area (Å²) < 4.78 is 5.67. The van der Waals surface area contributed by atoms with Gasteiger partial charge in [0.15, 0.2) is 0 Å². The third-order valence-electron chi connectivity index (χ3n) is 4.02. The number of ether oxygens (including phenoxy) is 1. The van der Waals surface area contributed by atoms with Crippen LogP contribution in [-0.2, 0) is 4.79 Å². The minimum absolute atomic E-state index is 0.287. The average molecular weight is 366 g/mol. The van der Waals surface area contributed by atoms with Crippen LogP contribution in [0.5, 0.6) is 5.75 Å². The lowest BCUT2D eigenvalue weighted by Gasteiger charge is -2.11. The fourth-order valence-corrected chi connectivity index (χ4v) is 2.69. The molecule has 0 fully saturated rings. The molecule has 1 aromatic heterocycles. The van der Waals surface area contributed by atoms with Gasteiger partial charge in [-0.25, -0.2) is 15.4 Å². The van der Waals surface area contributed by atoms with E-state index in [1.54, 1.807) is 5.48 Å². The second-order valence-electron chi connectivity index (χ2n) is 6.13. The second-order valence-corrected chi connectivity index (χ2v) is 6.13. The summed E-state index contributed by atoms with van der Waals surface area (Å²) in [5, 5.41) is 12.7. The molecule has 7 heteroatoms.